The van der Waals surface area contributed by atoms with Gasteiger partial charge >= 0.3 is 6.03 Å². The van der Waals surface area contributed by atoms with E-state index >= 15 is 0 Å². The molecule has 0 spiro atoms. The largest absolute Gasteiger partial charge is 0.411 e. The van der Waals surface area contributed by atoms with Crippen LogP contribution in [0, 0.1) is 11.8 Å². The summed E-state index contributed by atoms with van der Waals surface area (Å²) in [4.78, 5) is 47.0. The van der Waals surface area contributed by atoms with Crippen molar-refractivity contribution in [3.8, 4) is 0 Å². The molecule has 14 heteroatoms. The Kier molecular flexibility index (Phi) is 12.6. The number of imide groups is 1. The molecule has 4 rings (SSSR count). The number of rotatable bonds is 16. The predicted octanol–water partition coefficient (Wildman–Crippen LogP) is 3.11. The number of carbonyl (C=O) groups excluding carboxylic acids is 3. The summed E-state index contributed by atoms with van der Waals surface area (Å²) in [7, 11) is -4.09. The first-order valence-electron chi connectivity index (χ1n) is 16.1. The minimum Gasteiger partial charge on any atom is -0.411 e. The van der Waals surface area contributed by atoms with Gasteiger partial charge in [-0.05, 0) is 53.6 Å². The summed E-state index contributed by atoms with van der Waals surface area (Å²) in [5.74, 6) is -1.53. The fraction of sp³-hybridized carbons (Fsp3) is 0.400. The van der Waals surface area contributed by atoms with E-state index in [-0.39, 0.29) is 43.4 Å². The van der Waals surface area contributed by atoms with Crippen molar-refractivity contribution in [3.63, 3.8) is 0 Å². The van der Waals surface area contributed by atoms with Crippen molar-refractivity contribution in [1.29, 1.82) is 0 Å². The third kappa shape index (κ3) is 9.49. The minimum atomic E-state index is -4.09. The first kappa shape index (κ1) is 37.2. The van der Waals surface area contributed by atoms with Gasteiger partial charge in [0, 0.05) is 19.3 Å². The van der Waals surface area contributed by atoms with Crippen LogP contribution in [-0.2, 0) is 32.6 Å². The molecule has 1 saturated heterocycles. The number of amides is 4. The molecule has 3 atom stereocenters. The topological polar surface area (TPSA) is 173 Å². The number of oxime groups is 1. The first-order valence-corrected chi connectivity index (χ1v) is 17.6. The van der Waals surface area contributed by atoms with Crippen molar-refractivity contribution in [1.82, 2.24) is 24.4 Å². The smallest absolute Gasteiger partial charge is 0.328 e. The van der Waals surface area contributed by atoms with Crippen LogP contribution in [0.15, 0.2) is 89.0 Å². The quantitative estimate of drug-likeness (QED) is 0.0889. The highest BCUT2D eigenvalue weighted by atomic mass is 32.2. The van der Waals surface area contributed by atoms with E-state index in [2.05, 4.69) is 15.5 Å². The molecule has 1 aromatic heterocycles. The molecule has 3 N–H and O–H groups in total. The standard InChI is InChI=1S/C35H44N6O7S/c1-24(2)20-39(49(47,48)29-15-13-27(14-16-29)19-37-46)22-31(42)30(18-26-10-6-5-7-11-26)38-34(44)33(25(3)4)41-23-32(43)40(35(41)45)21-28-12-8-9-17-36-28/h5-17,19,24-25,30-31,33,42,46H,18,20-23H2,1-4H3,(H,38,44)/t30-,31+,33-/m0/s1. The van der Waals surface area contributed by atoms with Crippen LogP contribution in [-0.4, -0.2) is 99.7 Å². The van der Waals surface area contributed by atoms with Crippen molar-refractivity contribution >= 4 is 34.1 Å². The average Bonchev–Trinajstić information content (AvgIpc) is 3.33. The average molecular weight is 693 g/mol. The van der Waals surface area contributed by atoms with Crippen molar-refractivity contribution < 1.29 is 33.1 Å². The second-order valence-electron chi connectivity index (χ2n) is 12.8. The summed E-state index contributed by atoms with van der Waals surface area (Å²) < 4.78 is 28.9. The number of aliphatic hydroxyl groups is 1. The number of carbonyl (C=O) groups is 3. The molecule has 0 aliphatic carbocycles. The Morgan fingerprint density at radius 3 is 2.27 bits per heavy atom. The van der Waals surface area contributed by atoms with Crippen LogP contribution >= 0.6 is 0 Å². The van der Waals surface area contributed by atoms with Crippen LogP contribution in [0.4, 0.5) is 4.79 Å². The molecule has 2 heterocycles. The molecule has 1 aliphatic rings. The van der Waals surface area contributed by atoms with E-state index in [0.717, 1.165) is 10.5 Å². The van der Waals surface area contributed by atoms with Gasteiger partial charge in [-0.15, -0.1) is 0 Å². The Bertz CT molecular complexity index is 1700. The van der Waals surface area contributed by atoms with Gasteiger partial charge in [-0.1, -0.05) is 81.4 Å². The van der Waals surface area contributed by atoms with Crippen LogP contribution in [0.25, 0.3) is 0 Å². The summed E-state index contributed by atoms with van der Waals surface area (Å²) in [5.41, 5.74) is 1.82. The lowest BCUT2D eigenvalue weighted by Gasteiger charge is -2.34. The number of sulfonamides is 1. The van der Waals surface area contributed by atoms with E-state index in [1.54, 1.807) is 38.2 Å². The number of urea groups is 1. The molecular formula is C35H44N6O7S. The van der Waals surface area contributed by atoms with Gasteiger partial charge in [-0.2, -0.15) is 4.31 Å². The zero-order valence-electron chi connectivity index (χ0n) is 28.1. The number of nitrogens with zero attached hydrogens (tertiary/aromatic N) is 5. The number of pyridine rings is 1. The molecule has 0 saturated carbocycles. The number of nitrogens with one attached hydrogen (secondary N) is 1. The molecule has 3 aromatic rings. The van der Waals surface area contributed by atoms with E-state index in [4.69, 9.17) is 5.21 Å². The lowest BCUT2D eigenvalue weighted by Crippen LogP contribution is -2.57. The lowest BCUT2D eigenvalue weighted by atomic mass is 9.97. The maximum atomic E-state index is 14.0. The normalized spacial score (nSPS) is 15.8. The maximum absolute atomic E-state index is 14.0. The maximum Gasteiger partial charge on any atom is 0.328 e. The highest BCUT2D eigenvalue weighted by molar-refractivity contribution is 7.89. The zero-order valence-corrected chi connectivity index (χ0v) is 28.9. The number of hydrogen-bond donors (Lipinski definition) is 3. The molecule has 13 nitrogen and oxygen atoms in total. The van der Waals surface area contributed by atoms with Crippen LogP contribution in [0.3, 0.4) is 0 Å². The summed E-state index contributed by atoms with van der Waals surface area (Å²) in [6.07, 6.45) is 1.56. The summed E-state index contributed by atoms with van der Waals surface area (Å²) >= 11 is 0. The Labute approximate surface area is 287 Å². The second kappa shape index (κ2) is 16.6. The molecule has 262 valence electrons. The summed E-state index contributed by atoms with van der Waals surface area (Å²) in [6, 6.07) is 17.5. The number of benzene rings is 2. The number of hydrogen-bond acceptors (Lipinski definition) is 9. The molecule has 4 amide bonds. The monoisotopic (exact) mass is 692 g/mol. The van der Waals surface area contributed by atoms with Gasteiger partial charge in [0.25, 0.3) is 5.91 Å². The zero-order chi connectivity index (χ0) is 35.7. The van der Waals surface area contributed by atoms with Gasteiger partial charge in [0.15, 0.2) is 0 Å². The summed E-state index contributed by atoms with van der Waals surface area (Å²) in [6.45, 7) is 6.68. The van der Waals surface area contributed by atoms with Crippen LogP contribution in [0.1, 0.15) is 44.5 Å². The van der Waals surface area contributed by atoms with E-state index in [0.29, 0.717) is 11.3 Å². The Morgan fingerprint density at radius 1 is 1.00 bits per heavy atom. The lowest BCUT2D eigenvalue weighted by molar-refractivity contribution is -0.129. The van der Waals surface area contributed by atoms with Gasteiger partial charge in [-0.25, -0.2) is 13.2 Å². The first-order chi connectivity index (χ1) is 23.3. The van der Waals surface area contributed by atoms with Crippen molar-refractivity contribution in [2.75, 3.05) is 19.6 Å². The van der Waals surface area contributed by atoms with Gasteiger partial charge in [0.05, 0.1) is 35.5 Å². The third-order valence-corrected chi connectivity index (χ3v) is 9.99. The van der Waals surface area contributed by atoms with Crippen LogP contribution < -0.4 is 5.32 Å². The van der Waals surface area contributed by atoms with E-state index < -0.39 is 52.0 Å². The highest BCUT2D eigenvalue weighted by Crippen LogP contribution is 2.23. The fourth-order valence-corrected chi connectivity index (χ4v) is 7.39. The highest BCUT2D eigenvalue weighted by Gasteiger charge is 2.44. The second-order valence-corrected chi connectivity index (χ2v) is 14.7. The van der Waals surface area contributed by atoms with Crippen LogP contribution in [0.5, 0.6) is 0 Å². The van der Waals surface area contributed by atoms with E-state index in [9.17, 15) is 27.9 Å². The minimum absolute atomic E-state index is 0.00794. The predicted molar refractivity (Wildman–Crippen MR) is 183 cm³/mol. The van der Waals surface area contributed by atoms with Gasteiger partial charge in [0.1, 0.15) is 12.6 Å². The Balaban J connectivity index is 1.59. The molecule has 2 aromatic carbocycles. The fourth-order valence-electron chi connectivity index (χ4n) is 5.77. The van der Waals surface area contributed by atoms with Crippen molar-refractivity contribution in [2.45, 2.75) is 63.7 Å². The molecule has 1 aliphatic heterocycles. The molecule has 1 fully saturated rings. The third-order valence-electron chi connectivity index (χ3n) is 8.14. The van der Waals surface area contributed by atoms with Gasteiger partial charge < -0.3 is 20.5 Å². The van der Waals surface area contributed by atoms with E-state index in [1.165, 1.54) is 39.7 Å². The van der Waals surface area contributed by atoms with Gasteiger partial charge in [-0.3, -0.25) is 19.5 Å². The van der Waals surface area contributed by atoms with Crippen molar-refractivity contribution in [2.24, 2.45) is 17.0 Å². The molecular weight excluding hydrogens is 648 g/mol. The van der Waals surface area contributed by atoms with Crippen molar-refractivity contribution in [3.05, 3.63) is 95.8 Å². The van der Waals surface area contributed by atoms with Gasteiger partial charge in [0.2, 0.25) is 15.9 Å². The summed E-state index contributed by atoms with van der Waals surface area (Å²) in [5, 5.41) is 26.4. The molecule has 0 unspecified atom stereocenters. The number of aliphatic hydroxyl groups excluding tert-OH is 1. The number of aromatic nitrogens is 1. The molecule has 49 heavy (non-hydrogen) atoms. The molecule has 0 radical (unpaired) electrons. The molecule has 0 bridgehead atoms. The Hall–Kier alpha value is -4.66. The van der Waals surface area contributed by atoms with Crippen LogP contribution in [0.2, 0.25) is 0 Å². The van der Waals surface area contributed by atoms with E-state index in [1.807, 2.05) is 44.2 Å². The Morgan fingerprint density at radius 2 is 1.67 bits per heavy atom. The SMILES string of the molecule is CC(C)CN(C[C@@H](O)[C@H](Cc1ccccc1)NC(=O)[C@H](C(C)C)N1CC(=O)N(Cc2ccccn2)C1=O)S(=O)(=O)c1ccc(C=NO)cc1.